The number of likely N-dealkylation sites (N-methyl/N-ethyl adjacent to an activating group) is 1. The first kappa shape index (κ1) is 31.1. The van der Waals surface area contributed by atoms with Gasteiger partial charge in [-0.1, -0.05) is 42.4 Å². The van der Waals surface area contributed by atoms with Gasteiger partial charge >= 0.3 is 6.01 Å². The summed E-state index contributed by atoms with van der Waals surface area (Å²) < 4.78 is 20.0. The second-order valence-corrected chi connectivity index (χ2v) is 12.6. The number of anilines is 2. The van der Waals surface area contributed by atoms with Crippen molar-refractivity contribution in [2.45, 2.75) is 50.2 Å². The standard InChI is InChI=1S/C34H39ClFN7O2/c1-3-30(44)43-18-17-42(21-25(43)11-15-37)32-26-12-16-41(29-10-5-8-24-7-4-9-27(35)31(24)29)22-28(26)38-33(39-32)45-20-19-40(2)34(23-36)13-6-14-34/h3-5,7-10,25H,1,6,11-14,16-23H2,2H3/t25-/m0/s1. The Kier molecular flexibility index (Phi) is 9.11. The van der Waals surface area contributed by atoms with Crippen molar-refractivity contribution < 1.29 is 13.9 Å². The molecule has 45 heavy (non-hydrogen) atoms. The molecule has 1 aliphatic carbocycles. The van der Waals surface area contributed by atoms with Crippen molar-refractivity contribution in [1.82, 2.24) is 19.8 Å². The zero-order chi connectivity index (χ0) is 31.6. The van der Waals surface area contributed by atoms with Crippen LogP contribution < -0.4 is 14.5 Å². The van der Waals surface area contributed by atoms with E-state index in [0.29, 0.717) is 50.8 Å². The highest BCUT2D eigenvalue weighted by molar-refractivity contribution is 6.36. The topological polar surface area (TPSA) is 88.8 Å². The van der Waals surface area contributed by atoms with E-state index in [4.69, 9.17) is 26.3 Å². The molecule has 236 valence electrons. The maximum Gasteiger partial charge on any atom is 0.318 e. The highest BCUT2D eigenvalue weighted by Gasteiger charge is 2.40. The third-order valence-corrected chi connectivity index (χ3v) is 10.1. The number of rotatable bonds is 10. The molecule has 0 bridgehead atoms. The predicted octanol–water partition coefficient (Wildman–Crippen LogP) is 5.17. The minimum Gasteiger partial charge on any atom is -0.462 e. The van der Waals surface area contributed by atoms with Crippen LogP contribution in [-0.2, 0) is 17.8 Å². The van der Waals surface area contributed by atoms with E-state index in [0.717, 1.165) is 59.3 Å². The molecule has 11 heteroatoms. The Labute approximate surface area is 268 Å². The van der Waals surface area contributed by atoms with Gasteiger partial charge in [-0.25, -0.2) is 4.39 Å². The molecule has 9 nitrogen and oxygen atoms in total. The Bertz CT molecular complexity index is 1610. The summed E-state index contributed by atoms with van der Waals surface area (Å²) in [6.45, 7) is 6.97. The van der Waals surface area contributed by atoms with Crippen molar-refractivity contribution >= 4 is 39.8 Å². The summed E-state index contributed by atoms with van der Waals surface area (Å²) in [5.74, 6) is 0.612. The molecular formula is C34H39ClFN7O2. The van der Waals surface area contributed by atoms with Crippen LogP contribution in [0.2, 0.25) is 5.02 Å². The van der Waals surface area contributed by atoms with Crippen molar-refractivity contribution in [3.05, 3.63) is 65.3 Å². The van der Waals surface area contributed by atoms with Crippen LogP contribution in [0, 0.1) is 11.3 Å². The van der Waals surface area contributed by atoms with Crippen LogP contribution in [0.25, 0.3) is 10.8 Å². The first-order chi connectivity index (χ1) is 21.9. The lowest BCUT2D eigenvalue weighted by molar-refractivity contribution is -0.128. The van der Waals surface area contributed by atoms with Gasteiger partial charge in [-0.05, 0) is 56.3 Å². The van der Waals surface area contributed by atoms with E-state index < -0.39 is 0 Å². The molecule has 1 aromatic heterocycles. The van der Waals surface area contributed by atoms with Crippen LogP contribution in [0.4, 0.5) is 15.9 Å². The molecule has 2 fully saturated rings. The summed E-state index contributed by atoms with van der Waals surface area (Å²) in [6.07, 6.45) is 4.99. The van der Waals surface area contributed by atoms with E-state index in [9.17, 15) is 14.4 Å². The Balaban J connectivity index is 1.30. The Morgan fingerprint density at radius 1 is 1.22 bits per heavy atom. The predicted molar refractivity (Wildman–Crippen MR) is 175 cm³/mol. The van der Waals surface area contributed by atoms with Crippen molar-refractivity contribution in [2.75, 3.05) is 62.9 Å². The molecule has 3 aromatic rings. The molecule has 0 unspecified atom stereocenters. The number of piperazine rings is 1. The van der Waals surface area contributed by atoms with Gasteiger partial charge in [-0.3, -0.25) is 9.69 Å². The van der Waals surface area contributed by atoms with Gasteiger partial charge in [-0.2, -0.15) is 15.2 Å². The van der Waals surface area contributed by atoms with Gasteiger partial charge in [0.1, 0.15) is 19.1 Å². The van der Waals surface area contributed by atoms with E-state index in [1.807, 2.05) is 25.2 Å². The molecule has 0 N–H and O–H groups in total. The lowest BCUT2D eigenvalue weighted by atomic mass is 9.76. The minimum atomic E-state index is -0.385. The number of fused-ring (bicyclic) bond motifs is 2. The Morgan fingerprint density at radius 3 is 2.73 bits per heavy atom. The molecule has 0 spiro atoms. The summed E-state index contributed by atoms with van der Waals surface area (Å²) in [5, 5.41) is 12.3. The van der Waals surface area contributed by atoms with Crippen LogP contribution in [-0.4, -0.2) is 90.3 Å². The van der Waals surface area contributed by atoms with Crippen LogP contribution in [0.3, 0.4) is 0 Å². The van der Waals surface area contributed by atoms with E-state index in [1.165, 1.54) is 6.08 Å². The monoisotopic (exact) mass is 631 g/mol. The number of ether oxygens (including phenoxy) is 1. The highest BCUT2D eigenvalue weighted by Crippen LogP contribution is 2.38. The number of nitrogens with zero attached hydrogens (tertiary/aromatic N) is 7. The van der Waals surface area contributed by atoms with Gasteiger partial charge in [0.25, 0.3) is 0 Å². The molecule has 3 heterocycles. The number of carbonyl (C=O) groups excluding carboxylic acids is 1. The summed E-state index contributed by atoms with van der Waals surface area (Å²) in [4.78, 5) is 30.6. The van der Waals surface area contributed by atoms with Gasteiger partial charge in [0.05, 0.1) is 35.8 Å². The molecule has 1 amide bonds. The molecule has 0 radical (unpaired) electrons. The van der Waals surface area contributed by atoms with Gasteiger partial charge in [0.2, 0.25) is 5.91 Å². The van der Waals surface area contributed by atoms with Crippen LogP contribution in [0.5, 0.6) is 6.01 Å². The van der Waals surface area contributed by atoms with Crippen molar-refractivity contribution in [1.29, 1.82) is 5.26 Å². The summed E-state index contributed by atoms with van der Waals surface area (Å²) in [6, 6.07) is 14.4. The zero-order valence-corrected chi connectivity index (χ0v) is 26.5. The second kappa shape index (κ2) is 13.2. The van der Waals surface area contributed by atoms with Crippen molar-refractivity contribution in [2.24, 2.45) is 0 Å². The van der Waals surface area contributed by atoms with Crippen LogP contribution in [0.15, 0.2) is 49.1 Å². The number of carbonyl (C=O) groups is 1. The number of aromatic nitrogens is 2. The number of nitriles is 1. The number of alkyl halides is 1. The number of hydrogen-bond acceptors (Lipinski definition) is 8. The van der Waals surface area contributed by atoms with Gasteiger partial charge in [0.15, 0.2) is 0 Å². The summed E-state index contributed by atoms with van der Waals surface area (Å²) in [7, 11) is 1.95. The SMILES string of the molecule is C=CC(=O)N1CCN(c2nc(OCCN(C)C3(CF)CCC3)nc3c2CCN(c2cccc4cccc(Cl)c24)C3)C[C@@H]1CC#N. The normalized spacial score (nSPS) is 19.2. The average molecular weight is 632 g/mol. The smallest absolute Gasteiger partial charge is 0.318 e. The van der Waals surface area contributed by atoms with E-state index in [2.05, 4.69) is 45.5 Å². The van der Waals surface area contributed by atoms with Gasteiger partial charge in [-0.15, -0.1) is 0 Å². The van der Waals surface area contributed by atoms with Crippen LogP contribution in [0.1, 0.15) is 36.9 Å². The molecule has 1 atom stereocenters. The van der Waals surface area contributed by atoms with Gasteiger partial charge < -0.3 is 19.4 Å². The number of hydrogen-bond donors (Lipinski definition) is 0. The number of amides is 1. The molecule has 2 aromatic carbocycles. The number of halogens is 2. The quantitative estimate of drug-likeness (QED) is 0.284. The van der Waals surface area contributed by atoms with E-state index >= 15 is 0 Å². The molecule has 1 saturated heterocycles. The zero-order valence-electron chi connectivity index (χ0n) is 25.7. The third kappa shape index (κ3) is 6.03. The minimum absolute atomic E-state index is 0.172. The van der Waals surface area contributed by atoms with Crippen molar-refractivity contribution in [3.8, 4) is 12.1 Å². The maximum absolute atomic E-state index is 13.9. The summed E-state index contributed by atoms with van der Waals surface area (Å²) >= 11 is 6.69. The third-order valence-electron chi connectivity index (χ3n) is 9.76. The largest absolute Gasteiger partial charge is 0.462 e. The lowest BCUT2D eigenvalue weighted by Crippen LogP contribution is -2.55. The van der Waals surface area contributed by atoms with E-state index in [-0.39, 0.29) is 36.6 Å². The van der Waals surface area contributed by atoms with E-state index in [1.54, 1.807) is 4.90 Å². The molecule has 6 rings (SSSR count). The fourth-order valence-electron chi connectivity index (χ4n) is 6.91. The molecule has 1 saturated carbocycles. The van der Waals surface area contributed by atoms with Crippen molar-refractivity contribution in [3.63, 3.8) is 0 Å². The fraction of sp³-hybridized carbons (Fsp3) is 0.471. The lowest BCUT2D eigenvalue weighted by Gasteiger charge is -2.46. The number of benzene rings is 2. The molecule has 2 aliphatic heterocycles. The van der Waals surface area contributed by atoms with Crippen LogP contribution >= 0.6 is 11.6 Å². The Hall–Kier alpha value is -3.94. The second-order valence-electron chi connectivity index (χ2n) is 12.2. The first-order valence-corrected chi connectivity index (χ1v) is 16.0. The first-order valence-electron chi connectivity index (χ1n) is 15.6. The fourth-order valence-corrected chi connectivity index (χ4v) is 7.19. The summed E-state index contributed by atoms with van der Waals surface area (Å²) in [5.41, 5.74) is 2.59. The highest BCUT2D eigenvalue weighted by atomic mass is 35.5. The van der Waals surface area contributed by atoms with Gasteiger partial charge in [0, 0.05) is 54.9 Å². The maximum atomic E-state index is 13.9. The average Bonchev–Trinajstić information content (AvgIpc) is 3.03. The Morgan fingerprint density at radius 2 is 2.02 bits per heavy atom. The molecular weight excluding hydrogens is 593 g/mol. The molecule has 3 aliphatic rings.